The van der Waals surface area contributed by atoms with E-state index in [2.05, 4.69) is 21.2 Å². The number of aliphatic carboxylic acids is 1. The number of carbonyl (C=O) groups excluding carboxylic acids is 1. The van der Waals surface area contributed by atoms with Gasteiger partial charge in [-0.05, 0) is 30.5 Å². The zero-order chi connectivity index (χ0) is 14.4. The zero-order valence-electron chi connectivity index (χ0n) is 11.0. The van der Waals surface area contributed by atoms with Gasteiger partial charge in [-0.3, -0.25) is 9.59 Å². The lowest BCUT2D eigenvalue weighted by molar-refractivity contribution is -0.138. The monoisotopic (exact) mass is 327 g/mol. The molecule has 0 saturated carbocycles. The second kappa shape index (κ2) is 7.28. The first-order valence-corrected chi connectivity index (χ1v) is 6.94. The highest BCUT2D eigenvalue weighted by atomic mass is 79.9. The first-order valence-electron chi connectivity index (χ1n) is 6.15. The summed E-state index contributed by atoms with van der Waals surface area (Å²) in [5.41, 5.74) is 0.937. The summed E-state index contributed by atoms with van der Waals surface area (Å²) in [7, 11) is 0. The lowest BCUT2D eigenvalue weighted by Gasteiger charge is -2.15. The van der Waals surface area contributed by atoms with Crippen LogP contribution in [0.3, 0.4) is 0 Å². The fourth-order valence-electron chi connectivity index (χ4n) is 1.70. The molecular weight excluding hydrogens is 310 g/mol. The Kier molecular flexibility index (Phi) is 6.02. The summed E-state index contributed by atoms with van der Waals surface area (Å²) < 4.78 is 0.971. The van der Waals surface area contributed by atoms with E-state index in [9.17, 15) is 9.59 Å². The van der Waals surface area contributed by atoms with Crippen LogP contribution in [0.25, 0.3) is 0 Å². The third-order valence-electron chi connectivity index (χ3n) is 2.91. The molecule has 0 aromatic heterocycles. The van der Waals surface area contributed by atoms with Crippen LogP contribution in [0.15, 0.2) is 28.7 Å². The van der Waals surface area contributed by atoms with Gasteiger partial charge in [0.15, 0.2) is 0 Å². The Labute approximate surface area is 121 Å². The lowest BCUT2D eigenvalue weighted by Crippen LogP contribution is -2.32. The van der Waals surface area contributed by atoms with Crippen LogP contribution >= 0.6 is 15.9 Å². The van der Waals surface area contributed by atoms with Gasteiger partial charge < -0.3 is 10.4 Å². The Hall–Kier alpha value is -1.36. The molecule has 0 spiro atoms. The van der Waals surface area contributed by atoms with Crippen molar-refractivity contribution >= 4 is 27.8 Å². The predicted octanol–water partition coefficient (Wildman–Crippen LogP) is 2.78. The SMILES string of the molecule is CC(CNC(=O)C(C)c1ccc(Br)cc1)CC(=O)O. The number of benzene rings is 1. The van der Waals surface area contributed by atoms with Crippen LogP contribution in [0.4, 0.5) is 0 Å². The molecule has 2 unspecified atom stereocenters. The fraction of sp³-hybridized carbons (Fsp3) is 0.429. The summed E-state index contributed by atoms with van der Waals surface area (Å²) in [5, 5.41) is 11.4. The summed E-state index contributed by atoms with van der Waals surface area (Å²) in [5.74, 6) is -1.24. The zero-order valence-corrected chi connectivity index (χ0v) is 12.6. The molecule has 2 atom stereocenters. The molecule has 0 heterocycles. The minimum Gasteiger partial charge on any atom is -0.481 e. The number of carbonyl (C=O) groups is 2. The van der Waals surface area contributed by atoms with Crippen LogP contribution in [0.2, 0.25) is 0 Å². The van der Waals surface area contributed by atoms with E-state index in [1.807, 2.05) is 31.2 Å². The summed E-state index contributed by atoms with van der Waals surface area (Å²) in [6.45, 7) is 4.02. The van der Waals surface area contributed by atoms with Gasteiger partial charge in [-0.15, -0.1) is 0 Å². The molecule has 5 heteroatoms. The van der Waals surface area contributed by atoms with Crippen LogP contribution in [0.1, 0.15) is 31.7 Å². The van der Waals surface area contributed by atoms with E-state index in [4.69, 9.17) is 5.11 Å². The maximum absolute atomic E-state index is 11.9. The molecule has 1 aromatic rings. The molecule has 0 aliphatic rings. The maximum Gasteiger partial charge on any atom is 0.303 e. The van der Waals surface area contributed by atoms with Gasteiger partial charge >= 0.3 is 5.97 Å². The molecular formula is C14H18BrNO3. The van der Waals surface area contributed by atoms with Gasteiger partial charge in [0.1, 0.15) is 0 Å². The van der Waals surface area contributed by atoms with Crippen molar-refractivity contribution in [3.8, 4) is 0 Å². The summed E-state index contributed by atoms with van der Waals surface area (Å²) in [4.78, 5) is 22.5. The Balaban J connectivity index is 2.49. The number of carboxylic acids is 1. The smallest absolute Gasteiger partial charge is 0.303 e. The summed E-state index contributed by atoms with van der Waals surface area (Å²) in [6, 6.07) is 7.59. The van der Waals surface area contributed by atoms with Crippen LogP contribution in [-0.2, 0) is 9.59 Å². The van der Waals surface area contributed by atoms with Gasteiger partial charge in [0, 0.05) is 17.4 Å². The van der Waals surface area contributed by atoms with E-state index >= 15 is 0 Å². The second-order valence-electron chi connectivity index (χ2n) is 4.72. The largest absolute Gasteiger partial charge is 0.481 e. The van der Waals surface area contributed by atoms with E-state index in [0.29, 0.717) is 6.54 Å². The van der Waals surface area contributed by atoms with Gasteiger partial charge in [-0.25, -0.2) is 0 Å². The molecule has 104 valence electrons. The average molecular weight is 328 g/mol. The van der Waals surface area contributed by atoms with E-state index in [-0.39, 0.29) is 24.2 Å². The molecule has 1 aromatic carbocycles. The number of hydrogen-bond donors (Lipinski definition) is 2. The molecule has 1 rings (SSSR count). The van der Waals surface area contributed by atoms with Crippen molar-refractivity contribution in [1.82, 2.24) is 5.32 Å². The number of amides is 1. The third kappa shape index (κ3) is 5.42. The number of hydrogen-bond acceptors (Lipinski definition) is 2. The lowest BCUT2D eigenvalue weighted by atomic mass is 10.00. The molecule has 19 heavy (non-hydrogen) atoms. The number of rotatable bonds is 6. The van der Waals surface area contributed by atoms with Crippen molar-refractivity contribution < 1.29 is 14.7 Å². The molecule has 2 N–H and O–H groups in total. The normalized spacial score (nSPS) is 13.6. The first-order chi connectivity index (χ1) is 8.90. The van der Waals surface area contributed by atoms with Crippen molar-refractivity contribution in [1.29, 1.82) is 0 Å². The van der Waals surface area contributed by atoms with Crippen molar-refractivity contribution in [2.24, 2.45) is 5.92 Å². The van der Waals surface area contributed by atoms with Crippen LogP contribution in [-0.4, -0.2) is 23.5 Å². The molecule has 4 nitrogen and oxygen atoms in total. The standard InChI is InChI=1S/C14H18BrNO3/c1-9(7-13(17)18)8-16-14(19)10(2)11-3-5-12(15)6-4-11/h3-6,9-10H,7-8H2,1-2H3,(H,16,19)(H,17,18). The molecule has 0 aliphatic heterocycles. The number of carboxylic acid groups (broad SMARTS) is 1. The van der Waals surface area contributed by atoms with Gasteiger partial charge in [0.05, 0.1) is 5.92 Å². The third-order valence-corrected chi connectivity index (χ3v) is 3.44. The Morgan fingerprint density at radius 3 is 2.37 bits per heavy atom. The fourth-order valence-corrected chi connectivity index (χ4v) is 1.97. The summed E-state index contributed by atoms with van der Waals surface area (Å²) >= 11 is 3.35. The average Bonchev–Trinajstić information content (AvgIpc) is 2.35. The Bertz CT molecular complexity index is 445. The molecule has 1 amide bonds. The predicted molar refractivity (Wildman–Crippen MR) is 77.0 cm³/mol. The highest BCUT2D eigenvalue weighted by Crippen LogP contribution is 2.18. The quantitative estimate of drug-likeness (QED) is 0.844. The van der Waals surface area contributed by atoms with E-state index < -0.39 is 5.97 Å². The van der Waals surface area contributed by atoms with Crippen LogP contribution < -0.4 is 5.32 Å². The van der Waals surface area contributed by atoms with Gasteiger partial charge in [0.25, 0.3) is 0 Å². The van der Waals surface area contributed by atoms with Crippen molar-refractivity contribution in [3.05, 3.63) is 34.3 Å². The summed E-state index contributed by atoms with van der Waals surface area (Å²) in [6.07, 6.45) is 0.0624. The van der Waals surface area contributed by atoms with E-state index in [1.54, 1.807) is 6.92 Å². The van der Waals surface area contributed by atoms with Crippen molar-refractivity contribution in [2.45, 2.75) is 26.2 Å². The van der Waals surface area contributed by atoms with Crippen molar-refractivity contribution in [2.75, 3.05) is 6.54 Å². The minimum atomic E-state index is -0.845. The molecule has 0 aliphatic carbocycles. The van der Waals surface area contributed by atoms with Gasteiger partial charge in [-0.1, -0.05) is 35.0 Å². The highest BCUT2D eigenvalue weighted by Gasteiger charge is 2.16. The molecule has 0 radical (unpaired) electrons. The van der Waals surface area contributed by atoms with E-state index in [0.717, 1.165) is 10.0 Å². The number of nitrogens with one attached hydrogen (secondary N) is 1. The Morgan fingerprint density at radius 2 is 1.84 bits per heavy atom. The van der Waals surface area contributed by atoms with E-state index in [1.165, 1.54) is 0 Å². The molecule has 0 saturated heterocycles. The minimum absolute atomic E-state index is 0.0624. The maximum atomic E-state index is 11.9. The van der Waals surface area contributed by atoms with Gasteiger partial charge in [0.2, 0.25) is 5.91 Å². The van der Waals surface area contributed by atoms with Crippen LogP contribution in [0, 0.1) is 5.92 Å². The second-order valence-corrected chi connectivity index (χ2v) is 5.64. The molecule has 0 bridgehead atoms. The van der Waals surface area contributed by atoms with Crippen molar-refractivity contribution in [3.63, 3.8) is 0 Å². The first kappa shape index (κ1) is 15.7. The Morgan fingerprint density at radius 1 is 1.26 bits per heavy atom. The number of halogens is 1. The topological polar surface area (TPSA) is 66.4 Å². The van der Waals surface area contributed by atoms with Gasteiger partial charge in [-0.2, -0.15) is 0 Å². The van der Waals surface area contributed by atoms with Crippen LogP contribution in [0.5, 0.6) is 0 Å². The molecule has 0 fully saturated rings. The highest BCUT2D eigenvalue weighted by molar-refractivity contribution is 9.10.